The largest absolute Gasteiger partial charge is 0.332 e. The zero-order valence-electron chi connectivity index (χ0n) is 10.4. The van der Waals surface area contributed by atoms with Crippen molar-refractivity contribution in [2.45, 2.75) is 31.7 Å². The molecule has 0 N–H and O–H groups in total. The minimum atomic E-state index is 0.114. The molecule has 0 unspecified atom stereocenters. The van der Waals surface area contributed by atoms with Crippen molar-refractivity contribution in [3.8, 4) is 0 Å². The van der Waals surface area contributed by atoms with Gasteiger partial charge in [-0.25, -0.2) is 0 Å². The maximum atomic E-state index is 12.5. The van der Waals surface area contributed by atoms with Crippen LogP contribution in [-0.2, 0) is 0 Å². The molecule has 3 heteroatoms. The highest BCUT2D eigenvalue weighted by Gasteiger charge is 2.26. The Balaban J connectivity index is 2.19. The number of nitrogens with zero attached hydrogens (tertiary/aromatic N) is 1. The molecule has 0 radical (unpaired) electrons. The molecule has 0 bridgehead atoms. The SMILES string of the molecule is C=CCN(C(=O)c1cccc(Br)c1)C1CCCC1. The highest BCUT2D eigenvalue weighted by Crippen LogP contribution is 2.25. The molecular formula is C15H18BrNO. The molecule has 0 aliphatic heterocycles. The van der Waals surface area contributed by atoms with Gasteiger partial charge in [0.05, 0.1) is 0 Å². The van der Waals surface area contributed by atoms with E-state index in [1.165, 1.54) is 12.8 Å². The fraction of sp³-hybridized carbons (Fsp3) is 0.400. The Bertz CT molecular complexity index is 438. The summed E-state index contributed by atoms with van der Waals surface area (Å²) in [6, 6.07) is 7.97. The van der Waals surface area contributed by atoms with Crippen LogP contribution in [0.5, 0.6) is 0 Å². The van der Waals surface area contributed by atoms with Crippen LogP contribution < -0.4 is 0 Å². The van der Waals surface area contributed by atoms with E-state index in [0.29, 0.717) is 12.6 Å². The maximum Gasteiger partial charge on any atom is 0.254 e. The van der Waals surface area contributed by atoms with E-state index in [-0.39, 0.29) is 5.91 Å². The Morgan fingerprint density at radius 2 is 2.17 bits per heavy atom. The van der Waals surface area contributed by atoms with Crippen LogP contribution >= 0.6 is 15.9 Å². The van der Waals surface area contributed by atoms with Crippen molar-refractivity contribution in [3.05, 3.63) is 47.0 Å². The molecule has 96 valence electrons. The minimum Gasteiger partial charge on any atom is -0.332 e. The Hall–Kier alpha value is -1.09. The van der Waals surface area contributed by atoms with Crippen molar-refractivity contribution in [2.24, 2.45) is 0 Å². The molecule has 0 aromatic heterocycles. The van der Waals surface area contributed by atoms with E-state index < -0.39 is 0 Å². The van der Waals surface area contributed by atoms with Crippen molar-refractivity contribution in [1.82, 2.24) is 4.90 Å². The quantitative estimate of drug-likeness (QED) is 0.769. The molecule has 1 aliphatic carbocycles. The second-order valence-corrected chi connectivity index (χ2v) is 5.61. The van der Waals surface area contributed by atoms with E-state index in [9.17, 15) is 4.79 Å². The first-order chi connectivity index (χ1) is 8.72. The molecule has 2 nitrogen and oxygen atoms in total. The van der Waals surface area contributed by atoms with Crippen molar-refractivity contribution >= 4 is 21.8 Å². The first-order valence-electron chi connectivity index (χ1n) is 6.40. The Morgan fingerprint density at radius 3 is 2.78 bits per heavy atom. The predicted molar refractivity (Wildman–Crippen MR) is 77.6 cm³/mol. The Labute approximate surface area is 117 Å². The van der Waals surface area contributed by atoms with Crippen LogP contribution in [0, 0.1) is 0 Å². The molecule has 0 spiro atoms. The third-order valence-corrected chi connectivity index (χ3v) is 3.92. The van der Waals surface area contributed by atoms with Crippen LogP contribution in [-0.4, -0.2) is 23.4 Å². The van der Waals surface area contributed by atoms with Crippen molar-refractivity contribution in [3.63, 3.8) is 0 Å². The molecule has 0 saturated heterocycles. The summed E-state index contributed by atoms with van der Waals surface area (Å²) in [5.41, 5.74) is 0.748. The maximum absolute atomic E-state index is 12.5. The van der Waals surface area contributed by atoms with E-state index in [0.717, 1.165) is 22.9 Å². The van der Waals surface area contributed by atoms with E-state index in [4.69, 9.17) is 0 Å². The number of carbonyl (C=O) groups is 1. The van der Waals surface area contributed by atoms with E-state index in [2.05, 4.69) is 22.5 Å². The van der Waals surface area contributed by atoms with Gasteiger partial charge in [-0.05, 0) is 31.0 Å². The van der Waals surface area contributed by atoms with Gasteiger partial charge in [-0.15, -0.1) is 6.58 Å². The number of halogens is 1. The number of carbonyl (C=O) groups excluding carboxylic acids is 1. The average molecular weight is 308 g/mol. The van der Waals surface area contributed by atoms with Gasteiger partial charge in [0.1, 0.15) is 0 Å². The summed E-state index contributed by atoms with van der Waals surface area (Å²) in [5, 5.41) is 0. The second-order valence-electron chi connectivity index (χ2n) is 4.69. The van der Waals surface area contributed by atoms with Crippen LogP contribution in [0.3, 0.4) is 0 Å². The molecule has 0 heterocycles. The molecule has 1 aliphatic rings. The fourth-order valence-corrected chi connectivity index (χ4v) is 2.94. The Morgan fingerprint density at radius 1 is 1.44 bits per heavy atom. The summed E-state index contributed by atoms with van der Waals surface area (Å²) < 4.78 is 0.943. The van der Waals surface area contributed by atoms with Gasteiger partial charge in [0, 0.05) is 22.6 Å². The van der Waals surface area contributed by atoms with Gasteiger partial charge >= 0.3 is 0 Å². The smallest absolute Gasteiger partial charge is 0.254 e. The lowest BCUT2D eigenvalue weighted by Crippen LogP contribution is -2.38. The molecule has 2 rings (SSSR count). The molecule has 1 aromatic carbocycles. The number of hydrogen-bond acceptors (Lipinski definition) is 1. The molecule has 1 amide bonds. The van der Waals surface area contributed by atoms with Gasteiger partial charge in [0.25, 0.3) is 5.91 Å². The molecule has 18 heavy (non-hydrogen) atoms. The second kappa shape index (κ2) is 6.19. The predicted octanol–water partition coefficient (Wildman–Crippen LogP) is 4.02. The Kier molecular flexibility index (Phi) is 4.59. The third kappa shape index (κ3) is 3.02. The summed E-state index contributed by atoms with van der Waals surface area (Å²) in [5.74, 6) is 0.114. The summed E-state index contributed by atoms with van der Waals surface area (Å²) in [6.45, 7) is 4.40. The summed E-state index contributed by atoms with van der Waals surface area (Å²) >= 11 is 3.41. The summed E-state index contributed by atoms with van der Waals surface area (Å²) in [4.78, 5) is 14.5. The number of benzene rings is 1. The topological polar surface area (TPSA) is 20.3 Å². The normalized spacial score (nSPS) is 15.6. The number of amides is 1. The zero-order valence-corrected chi connectivity index (χ0v) is 12.0. The standard InChI is InChI=1S/C15H18BrNO/c1-2-10-17(14-8-3-4-9-14)15(18)12-6-5-7-13(16)11-12/h2,5-7,11,14H,1,3-4,8-10H2. The van der Waals surface area contributed by atoms with Crippen LogP contribution in [0.2, 0.25) is 0 Å². The third-order valence-electron chi connectivity index (χ3n) is 3.42. The van der Waals surface area contributed by atoms with Crippen molar-refractivity contribution < 1.29 is 4.79 Å². The molecule has 1 saturated carbocycles. The zero-order chi connectivity index (χ0) is 13.0. The van der Waals surface area contributed by atoms with Crippen molar-refractivity contribution in [1.29, 1.82) is 0 Å². The molecule has 1 aromatic rings. The highest BCUT2D eigenvalue weighted by atomic mass is 79.9. The van der Waals surface area contributed by atoms with Crippen LogP contribution in [0.15, 0.2) is 41.4 Å². The number of hydrogen-bond donors (Lipinski definition) is 0. The van der Waals surface area contributed by atoms with Gasteiger partial charge < -0.3 is 4.90 Å². The van der Waals surface area contributed by atoms with E-state index in [1.807, 2.05) is 35.2 Å². The van der Waals surface area contributed by atoms with Gasteiger partial charge in [-0.1, -0.05) is 40.9 Å². The van der Waals surface area contributed by atoms with E-state index >= 15 is 0 Å². The van der Waals surface area contributed by atoms with Crippen molar-refractivity contribution in [2.75, 3.05) is 6.54 Å². The van der Waals surface area contributed by atoms with Gasteiger partial charge in [-0.3, -0.25) is 4.79 Å². The molecule has 0 atom stereocenters. The summed E-state index contributed by atoms with van der Waals surface area (Å²) in [7, 11) is 0. The first-order valence-corrected chi connectivity index (χ1v) is 7.19. The lowest BCUT2D eigenvalue weighted by Gasteiger charge is -2.28. The van der Waals surface area contributed by atoms with Gasteiger partial charge in [0.2, 0.25) is 0 Å². The lowest BCUT2D eigenvalue weighted by molar-refractivity contribution is 0.0706. The minimum absolute atomic E-state index is 0.114. The van der Waals surface area contributed by atoms with E-state index in [1.54, 1.807) is 0 Å². The monoisotopic (exact) mass is 307 g/mol. The fourth-order valence-electron chi connectivity index (χ4n) is 2.54. The average Bonchev–Trinajstić information content (AvgIpc) is 2.89. The molecule has 1 fully saturated rings. The first kappa shape index (κ1) is 13.3. The van der Waals surface area contributed by atoms with Gasteiger partial charge in [0.15, 0.2) is 0 Å². The van der Waals surface area contributed by atoms with Gasteiger partial charge in [-0.2, -0.15) is 0 Å². The van der Waals surface area contributed by atoms with Crippen LogP contribution in [0.4, 0.5) is 0 Å². The molecular weight excluding hydrogens is 290 g/mol. The highest BCUT2D eigenvalue weighted by molar-refractivity contribution is 9.10. The summed E-state index contributed by atoms with van der Waals surface area (Å²) in [6.07, 6.45) is 6.50. The van der Waals surface area contributed by atoms with Crippen LogP contribution in [0.1, 0.15) is 36.0 Å². The lowest BCUT2D eigenvalue weighted by atomic mass is 10.1. The number of rotatable bonds is 4. The van der Waals surface area contributed by atoms with Crippen LogP contribution in [0.25, 0.3) is 0 Å².